The summed E-state index contributed by atoms with van der Waals surface area (Å²) in [7, 11) is 1.31. The molecule has 7 nitrogen and oxygen atoms in total. The van der Waals surface area contributed by atoms with Gasteiger partial charge >= 0.3 is 12.1 Å². The number of carboxylic acids is 1. The highest BCUT2D eigenvalue weighted by Crippen LogP contribution is 2.40. The Morgan fingerprint density at radius 2 is 1.81 bits per heavy atom. The van der Waals surface area contributed by atoms with Gasteiger partial charge in [-0.1, -0.05) is 6.92 Å². The van der Waals surface area contributed by atoms with E-state index >= 15 is 4.39 Å². The fourth-order valence-corrected chi connectivity index (χ4v) is 4.48. The Morgan fingerprint density at radius 3 is 2.35 bits per heavy atom. The van der Waals surface area contributed by atoms with E-state index in [9.17, 15) is 27.9 Å². The number of anilines is 1. The highest BCUT2D eigenvalue weighted by atomic mass is 19.4. The number of carbonyl (C=O) groups is 2. The van der Waals surface area contributed by atoms with Crippen molar-refractivity contribution in [2.45, 2.75) is 65.3 Å². The van der Waals surface area contributed by atoms with Crippen molar-refractivity contribution in [3.05, 3.63) is 46.9 Å². The molecule has 0 aliphatic heterocycles. The van der Waals surface area contributed by atoms with Crippen molar-refractivity contribution in [2.75, 3.05) is 12.0 Å². The number of alkyl halides is 3. The van der Waals surface area contributed by atoms with E-state index in [4.69, 9.17) is 9.47 Å². The number of nitrogens with zero attached hydrogens (tertiary/aromatic N) is 2. The number of halogens is 4. The predicted octanol–water partition coefficient (Wildman–Crippen LogP) is 6.44. The minimum absolute atomic E-state index is 0.118. The summed E-state index contributed by atoms with van der Waals surface area (Å²) in [6.45, 7) is 5.32. The van der Waals surface area contributed by atoms with Gasteiger partial charge in [0.25, 0.3) is 0 Å². The summed E-state index contributed by atoms with van der Waals surface area (Å²) in [4.78, 5) is 30.4. The molecule has 0 unspecified atom stereocenters. The van der Waals surface area contributed by atoms with Crippen LogP contribution in [0.2, 0.25) is 0 Å². The Balaban J connectivity index is 2.03. The van der Waals surface area contributed by atoms with Gasteiger partial charge in [-0.2, -0.15) is 13.2 Å². The van der Waals surface area contributed by atoms with Gasteiger partial charge < -0.3 is 19.5 Å². The van der Waals surface area contributed by atoms with Crippen molar-refractivity contribution in [2.24, 2.45) is 11.8 Å². The number of hydrogen-bond acceptors (Lipinski definition) is 5. The minimum atomic E-state index is -4.88. The zero-order valence-corrected chi connectivity index (χ0v) is 21.1. The van der Waals surface area contributed by atoms with Crippen molar-refractivity contribution in [1.29, 1.82) is 0 Å². The number of aromatic carboxylic acids is 1. The van der Waals surface area contributed by atoms with Crippen molar-refractivity contribution < 1.29 is 41.7 Å². The van der Waals surface area contributed by atoms with E-state index in [0.29, 0.717) is 18.8 Å². The highest BCUT2D eigenvalue weighted by Gasteiger charge is 2.37. The molecule has 11 heteroatoms. The molecule has 0 spiro atoms. The molecular weight excluding hydrogens is 496 g/mol. The van der Waals surface area contributed by atoms with Gasteiger partial charge in [0.05, 0.1) is 17.9 Å². The van der Waals surface area contributed by atoms with Crippen LogP contribution in [0, 0.1) is 17.7 Å². The Kier molecular flexibility index (Phi) is 8.78. The van der Waals surface area contributed by atoms with E-state index in [0.717, 1.165) is 37.2 Å². The molecule has 0 radical (unpaired) electrons. The van der Waals surface area contributed by atoms with Crippen LogP contribution in [0.4, 0.5) is 23.2 Å². The molecule has 1 N–H and O–H groups in total. The third-order valence-corrected chi connectivity index (χ3v) is 6.39. The van der Waals surface area contributed by atoms with Crippen LogP contribution in [-0.2, 0) is 22.3 Å². The second-order valence-electron chi connectivity index (χ2n) is 9.59. The lowest BCUT2D eigenvalue weighted by molar-refractivity contribution is -0.139. The molecule has 0 bridgehead atoms. The van der Waals surface area contributed by atoms with Gasteiger partial charge in [-0.05, 0) is 57.1 Å². The number of aromatic nitrogens is 1. The normalized spacial score (nSPS) is 18.1. The zero-order chi connectivity index (χ0) is 27.5. The van der Waals surface area contributed by atoms with Gasteiger partial charge in [-0.3, -0.25) is 4.79 Å². The fraction of sp³-hybridized carbons (Fsp3) is 0.500. The zero-order valence-electron chi connectivity index (χ0n) is 21.1. The molecule has 1 amide bonds. The SMILES string of the molecule is COCc1cnc(Oc2cc(C(=O)O)c(N(C(=O)C3CCC(C)CC3)C(C)C)cc2F)c(C(F)(F)F)c1. The number of benzene rings is 1. The quantitative estimate of drug-likeness (QED) is 0.398. The number of carbonyl (C=O) groups excluding carboxylic acids is 1. The fourth-order valence-electron chi connectivity index (χ4n) is 4.48. The van der Waals surface area contributed by atoms with E-state index in [2.05, 4.69) is 11.9 Å². The average Bonchev–Trinajstić information content (AvgIpc) is 2.81. The average molecular weight is 527 g/mol. The van der Waals surface area contributed by atoms with Crippen LogP contribution in [0.1, 0.15) is 67.9 Å². The molecule has 1 saturated carbocycles. The van der Waals surface area contributed by atoms with Crippen molar-refractivity contribution in [3.8, 4) is 11.6 Å². The Labute approximate surface area is 212 Å². The second kappa shape index (κ2) is 11.5. The number of carboxylic acid groups (broad SMARTS) is 1. The smallest absolute Gasteiger partial charge is 0.421 e. The third-order valence-electron chi connectivity index (χ3n) is 6.39. The number of methoxy groups -OCH3 is 1. The van der Waals surface area contributed by atoms with Crippen LogP contribution in [0.3, 0.4) is 0 Å². The molecule has 1 heterocycles. The summed E-state index contributed by atoms with van der Waals surface area (Å²) >= 11 is 0. The summed E-state index contributed by atoms with van der Waals surface area (Å²) in [6.07, 6.45) is -0.806. The molecular formula is C26H30F4N2O5. The monoisotopic (exact) mass is 526 g/mol. The van der Waals surface area contributed by atoms with Crippen LogP contribution in [-0.4, -0.2) is 35.1 Å². The van der Waals surface area contributed by atoms with Gasteiger partial charge in [-0.15, -0.1) is 0 Å². The van der Waals surface area contributed by atoms with Crippen molar-refractivity contribution in [3.63, 3.8) is 0 Å². The van der Waals surface area contributed by atoms with Crippen LogP contribution >= 0.6 is 0 Å². The lowest BCUT2D eigenvalue weighted by Crippen LogP contribution is -2.43. The van der Waals surface area contributed by atoms with Gasteiger partial charge in [0, 0.05) is 37.4 Å². The summed E-state index contributed by atoms with van der Waals surface area (Å²) in [5, 5.41) is 9.86. The van der Waals surface area contributed by atoms with Gasteiger partial charge in [0.2, 0.25) is 11.8 Å². The van der Waals surface area contributed by atoms with E-state index < -0.39 is 46.8 Å². The number of hydrogen-bond donors (Lipinski definition) is 1. The Morgan fingerprint density at radius 1 is 1.16 bits per heavy atom. The third kappa shape index (κ3) is 6.57. The molecule has 202 valence electrons. The maximum atomic E-state index is 15.2. The predicted molar refractivity (Wildman–Crippen MR) is 127 cm³/mol. The second-order valence-corrected chi connectivity index (χ2v) is 9.59. The lowest BCUT2D eigenvalue weighted by atomic mass is 9.82. The molecule has 2 aromatic rings. The van der Waals surface area contributed by atoms with E-state index in [-0.39, 0.29) is 29.7 Å². The first kappa shape index (κ1) is 28.4. The Bertz CT molecular complexity index is 1140. The largest absolute Gasteiger partial charge is 0.478 e. The topological polar surface area (TPSA) is 89.0 Å². The molecule has 37 heavy (non-hydrogen) atoms. The minimum Gasteiger partial charge on any atom is -0.478 e. The molecule has 3 rings (SSSR count). The molecule has 1 aliphatic carbocycles. The number of ether oxygens (including phenoxy) is 2. The Hall–Kier alpha value is -3.21. The first-order valence-electron chi connectivity index (χ1n) is 12.0. The van der Waals surface area contributed by atoms with Crippen LogP contribution in [0.15, 0.2) is 24.4 Å². The van der Waals surface area contributed by atoms with Crippen molar-refractivity contribution >= 4 is 17.6 Å². The molecule has 1 aliphatic rings. The standard InChI is InChI=1S/C26H30F4N2O5/c1-14(2)32(24(33)17-7-5-15(3)6-8-17)21-11-20(27)22(10-18(21)25(34)35)37-23-19(26(28,29)30)9-16(12-31-23)13-36-4/h9-12,14-15,17H,5-8,13H2,1-4H3,(H,34,35). The molecule has 1 aromatic heterocycles. The lowest BCUT2D eigenvalue weighted by Gasteiger charge is -2.34. The van der Waals surface area contributed by atoms with Crippen LogP contribution < -0.4 is 9.64 Å². The van der Waals surface area contributed by atoms with E-state index in [1.807, 2.05) is 0 Å². The molecule has 1 fully saturated rings. The molecule has 0 saturated heterocycles. The number of amides is 1. The van der Waals surface area contributed by atoms with Crippen LogP contribution in [0.25, 0.3) is 0 Å². The summed E-state index contributed by atoms with van der Waals surface area (Å²) in [6, 6.07) is 1.86. The maximum absolute atomic E-state index is 15.2. The number of pyridine rings is 1. The van der Waals surface area contributed by atoms with E-state index in [1.54, 1.807) is 13.8 Å². The highest BCUT2D eigenvalue weighted by molar-refractivity contribution is 6.03. The summed E-state index contributed by atoms with van der Waals surface area (Å²) in [5.74, 6) is -4.49. The molecule has 1 aromatic carbocycles. The first-order valence-corrected chi connectivity index (χ1v) is 12.0. The van der Waals surface area contributed by atoms with Gasteiger partial charge in [-0.25, -0.2) is 14.2 Å². The number of rotatable bonds is 8. The van der Waals surface area contributed by atoms with Crippen molar-refractivity contribution in [1.82, 2.24) is 4.98 Å². The van der Waals surface area contributed by atoms with Crippen LogP contribution in [0.5, 0.6) is 11.6 Å². The molecule has 0 atom stereocenters. The summed E-state index contributed by atoms with van der Waals surface area (Å²) < 4.78 is 66.1. The van der Waals surface area contributed by atoms with E-state index in [1.165, 1.54) is 12.0 Å². The first-order chi connectivity index (χ1) is 17.3. The summed E-state index contributed by atoms with van der Waals surface area (Å²) in [5.41, 5.74) is -1.82. The maximum Gasteiger partial charge on any atom is 0.421 e. The van der Waals surface area contributed by atoms with Gasteiger partial charge in [0.15, 0.2) is 11.6 Å². The van der Waals surface area contributed by atoms with Gasteiger partial charge in [0.1, 0.15) is 5.56 Å².